The van der Waals surface area contributed by atoms with E-state index >= 15 is 0 Å². The van der Waals surface area contributed by atoms with Crippen LogP contribution in [0.25, 0.3) is 10.9 Å². The van der Waals surface area contributed by atoms with Crippen molar-refractivity contribution in [1.29, 1.82) is 0 Å². The Morgan fingerprint density at radius 2 is 1.91 bits per heavy atom. The molecule has 0 spiro atoms. The molecule has 7 nitrogen and oxygen atoms in total. The van der Waals surface area contributed by atoms with Crippen LogP contribution in [0.5, 0.6) is 5.75 Å². The molecule has 0 radical (unpaired) electrons. The molecule has 34 heavy (non-hydrogen) atoms. The first-order valence-electron chi connectivity index (χ1n) is 11.1. The van der Waals surface area contributed by atoms with Gasteiger partial charge in [-0.1, -0.05) is 46.3 Å². The summed E-state index contributed by atoms with van der Waals surface area (Å²) in [6.07, 6.45) is 1.32. The first-order chi connectivity index (χ1) is 16.2. The van der Waals surface area contributed by atoms with Gasteiger partial charge in [-0.05, 0) is 60.2 Å². The summed E-state index contributed by atoms with van der Waals surface area (Å²) in [7, 11) is -1.67. The molecule has 3 aromatic rings. The van der Waals surface area contributed by atoms with E-state index in [4.69, 9.17) is 13.9 Å². The predicted molar refractivity (Wildman–Crippen MR) is 144 cm³/mol. The van der Waals surface area contributed by atoms with Crippen LogP contribution in [0.1, 0.15) is 12.5 Å². The Bertz CT molecular complexity index is 1090. The van der Waals surface area contributed by atoms with Gasteiger partial charge >= 0.3 is 6.09 Å². The summed E-state index contributed by atoms with van der Waals surface area (Å²) in [6.45, 7) is 9.56. The molecule has 2 aromatic carbocycles. The first-order valence-corrected chi connectivity index (χ1v) is 16.5. The predicted octanol–water partition coefficient (Wildman–Crippen LogP) is 6.11. The molecule has 1 heterocycles. The second kappa shape index (κ2) is 12.2. The van der Waals surface area contributed by atoms with Gasteiger partial charge in [-0.3, -0.25) is 4.68 Å². The van der Waals surface area contributed by atoms with E-state index in [1.54, 1.807) is 6.20 Å². The highest BCUT2D eigenvalue weighted by atomic mass is 79.9. The van der Waals surface area contributed by atoms with Gasteiger partial charge in [0.2, 0.25) is 0 Å². The molecule has 0 aliphatic rings. The molecule has 0 bridgehead atoms. The number of hydrogen-bond donors (Lipinski definition) is 1. The van der Waals surface area contributed by atoms with Crippen LogP contribution in [0.2, 0.25) is 19.6 Å². The fraction of sp³-hybridized carbons (Fsp3) is 0.417. The van der Waals surface area contributed by atoms with Gasteiger partial charge in [0.1, 0.15) is 19.0 Å². The number of carbonyl (C=O) groups is 1. The van der Waals surface area contributed by atoms with Gasteiger partial charge in [0.15, 0.2) is 8.32 Å². The van der Waals surface area contributed by atoms with Gasteiger partial charge in [0.05, 0.1) is 28.8 Å². The van der Waals surface area contributed by atoms with Gasteiger partial charge in [-0.15, -0.1) is 0 Å². The van der Waals surface area contributed by atoms with Crippen molar-refractivity contribution >= 4 is 57.2 Å². The lowest BCUT2D eigenvalue weighted by Gasteiger charge is -2.25. The summed E-state index contributed by atoms with van der Waals surface area (Å²) in [4.78, 5) is 12.2. The van der Waals surface area contributed by atoms with E-state index in [0.29, 0.717) is 18.5 Å². The van der Waals surface area contributed by atoms with Crippen LogP contribution in [0.3, 0.4) is 0 Å². The summed E-state index contributed by atoms with van der Waals surface area (Å²) in [5, 5.41) is 9.07. The molecule has 1 N–H and O–H groups in total. The van der Waals surface area contributed by atoms with Crippen LogP contribution in [0, 0.1) is 0 Å². The number of halogens is 2. The van der Waals surface area contributed by atoms with Crippen LogP contribution in [-0.2, 0) is 22.3 Å². The summed E-state index contributed by atoms with van der Waals surface area (Å²) in [5.74, 6) is 0.724. The Kier molecular flexibility index (Phi) is 9.58. The third-order valence-electron chi connectivity index (χ3n) is 4.85. The van der Waals surface area contributed by atoms with Crippen LogP contribution in [0.15, 0.2) is 53.1 Å². The number of alkyl halides is 1. The largest absolute Gasteiger partial charge is 0.490 e. The standard InChI is InChI=1S/C24H31Br2N3O4Si/c1-17(28-24(30)32-15-18-8-6-5-7-9-18)14-29-23-19(13-27-29)10-11-21(22(23)26)31-16-20(12-25)33-34(2,3)4/h5-11,13,17,20H,12,14-16H2,1-4H3,(H,28,30)/t17-,20+/m0/s1. The van der Waals surface area contributed by atoms with E-state index in [9.17, 15) is 4.79 Å². The van der Waals surface area contributed by atoms with Crippen molar-refractivity contribution in [1.82, 2.24) is 15.1 Å². The average Bonchev–Trinajstić information content (AvgIpc) is 3.19. The Labute approximate surface area is 218 Å². The fourth-order valence-electron chi connectivity index (χ4n) is 3.43. The van der Waals surface area contributed by atoms with Gasteiger partial charge in [0, 0.05) is 16.8 Å². The highest BCUT2D eigenvalue weighted by Crippen LogP contribution is 2.33. The molecular formula is C24H31Br2N3O4Si. The topological polar surface area (TPSA) is 74.6 Å². The van der Waals surface area contributed by atoms with Gasteiger partial charge in [-0.25, -0.2) is 4.79 Å². The van der Waals surface area contributed by atoms with E-state index in [-0.39, 0.29) is 18.8 Å². The maximum absolute atomic E-state index is 12.2. The number of ether oxygens (including phenoxy) is 2. The Morgan fingerprint density at radius 3 is 2.59 bits per heavy atom. The lowest BCUT2D eigenvalue weighted by atomic mass is 10.2. The number of nitrogens with one attached hydrogen (secondary N) is 1. The molecule has 184 valence electrons. The summed E-state index contributed by atoms with van der Waals surface area (Å²) >= 11 is 7.22. The monoisotopic (exact) mass is 611 g/mol. The molecule has 0 aliphatic heterocycles. The van der Waals surface area contributed by atoms with Crippen LogP contribution < -0.4 is 10.1 Å². The highest BCUT2D eigenvalue weighted by molar-refractivity contribution is 9.10. The lowest BCUT2D eigenvalue weighted by Crippen LogP contribution is -2.36. The van der Waals surface area contributed by atoms with Crippen molar-refractivity contribution in [2.75, 3.05) is 11.9 Å². The number of benzene rings is 2. The molecule has 2 atom stereocenters. The minimum Gasteiger partial charge on any atom is -0.490 e. The molecule has 0 saturated carbocycles. The quantitative estimate of drug-likeness (QED) is 0.209. The first kappa shape index (κ1) is 26.7. The number of carbonyl (C=O) groups excluding carboxylic acids is 1. The maximum atomic E-state index is 12.2. The number of fused-ring (bicyclic) bond motifs is 1. The van der Waals surface area contributed by atoms with Gasteiger partial charge < -0.3 is 19.2 Å². The third-order valence-corrected chi connectivity index (χ3v) is 7.38. The average molecular weight is 613 g/mol. The Balaban J connectivity index is 1.62. The van der Waals surface area contributed by atoms with Gasteiger partial charge in [0.25, 0.3) is 0 Å². The van der Waals surface area contributed by atoms with Crippen molar-refractivity contribution in [2.24, 2.45) is 0 Å². The number of nitrogens with zero attached hydrogens (tertiary/aromatic N) is 2. The fourth-order valence-corrected chi connectivity index (χ4v) is 5.83. The molecular weight excluding hydrogens is 582 g/mol. The van der Waals surface area contributed by atoms with Crippen molar-refractivity contribution in [3.8, 4) is 5.75 Å². The normalized spacial score (nSPS) is 13.5. The zero-order chi connectivity index (χ0) is 24.7. The third kappa shape index (κ3) is 7.83. The molecule has 1 aromatic heterocycles. The van der Waals surface area contributed by atoms with E-state index in [1.165, 1.54) is 0 Å². The zero-order valence-corrected chi connectivity index (χ0v) is 24.1. The van der Waals surface area contributed by atoms with Crippen molar-refractivity contribution in [3.63, 3.8) is 0 Å². The van der Waals surface area contributed by atoms with E-state index in [2.05, 4.69) is 61.9 Å². The second-order valence-corrected chi connectivity index (χ2v) is 15.0. The van der Waals surface area contributed by atoms with Crippen molar-refractivity contribution < 1.29 is 18.7 Å². The van der Waals surface area contributed by atoms with E-state index in [1.807, 2.05) is 54.1 Å². The number of hydrogen-bond acceptors (Lipinski definition) is 5. The summed E-state index contributed by atoms with van der Waals surface area (Å²) < 4.78 is 20.3. The van der Waals surface area contributed by atoms with Gasteiger partial charge in [-0.2, -0.15) is 5.10 Å². The van der Waals surface area contributed by atoms with E-state index < -0.39 is 14.4 Å². The number of amides is 1. The highest BCUT2D eigenvalue weighted by Gasteiger charge is 2.22. The molecule has 3 rings (SSSR count). The Hall–Kier alpha value is -1.88. The van der Waals surface area contributed by atoms with E-state index in [0.717, 1.165) is 26.7 Å². The molecule has 0 saturated heterocycles. The molecule has 0 aliphatic carbocycles. The summed E-state index contributed by atoms with van der Waals surface area (Å²) in [5.41, 5.74) is 1.85. The molecule has 1 amide bonds. The maximum Gasteiger partial charge on any atom is 0.407 e. The number of alkyl carbamates (subject to hydrolysis) is 1. The van der Waals surface area contributed by atoms with Crippen LogP contribution in [-0.4, -0.2) is 48.3 Å². The number of rotatable bonds is 11. The minimum atomic E-state index is -1.67. The number of aromatic nitrogens is 2. The minimum absolute atomic E-state index is 0.0229. The summed E-state index contributed by atoms with van der Waals surface area (Å²) in [6, 6.07) is 13.3. The van der Waals surface area contributed by atoms with Crippen molar-refractivity contribution in [3.05, 3.63) is 58.7 Å². The lowest BCUT2D eigenvalue weighted by molar-refractivity contribution is 0.135. The molecule has 0 fully saturated rings. The zero-order valence-electron chi connectivity index (χ0n) is 19.9. The Morgan fingerprint density at radius 1 is 1.18 bits per heavy atom. The molecule has 10 heteroatoms. The molecule has 0 unspecified atom stereocenters. The van der Waals surface area contributed by atoms with Crippen LogP contribution >= 0.6 is 31.9 Å². The van der Waals surface area contributed by atoms with Crippen LogP contribution in [0.4, 0.5) is 4.79 Å². The smallest absolute Gasteiger partial charge is 0.407 e. The van der Waals surface area contributed by atoms with Crippen molar-refractivity contribution in [2.45, 2.75) is 51.9 Å². The second-order valence-electron chi connectivity index (χ2n) is 9.07. The SMILES string of the molecule is C[C@@H](Cn1ncc2ccc(OC[C@@H](CBr)O[Si](C)(C)C)c(Br)c21)NC(=O)OCc1ccccc1.